The molecule has 7 heteroatoms. The molecule has 0 aliphatic carbocycles. The molecule has 1 aromatic carbocycles. The third-order valence-electron chi connectivity index (χ3n) is 2.78. The summed E-state index contributed by atoms with van der Waals surface area (Å²) in [7, 11) is 0. The molecule has 1 heterocycles. The highest BCUT2D eigenvalue weighted by Crippen LogP contribution is 2.06. The number of nitrogens with zero attached hydrogens (tertiary/aromatic N) is 4. The number of carbonyl (C=O) groups excluding carboxylic acids is 1. The number of carbonyl (C=O) groups is 1. The number of amides is 1. The monoisotopic (exact) mass is 327 g/mol. The maximum atomic E-state index is 11.5. The lowest BCUT2D eigenvalue weighted by Crippen LogP contribution is -2.33. The number of rotatable bonds is 5. The van der Waals surface area contributed by atoms with Crippen LogP contribution in [-0.2, 0) is 11.2 Å². The normalized spacial score (nSPS) is 11.5. The van der Waals surface area contributed by atoms with Crippen molar-refractivity contribution in [2.24, 2.45) is 0 Å². The smallest absolute Gasteiger partial charge is 0.407 e. The predicted octanol–water partition coefficient (Wildman–Crippen LogP) is 2.50. The average Bonchev–Trinajstić information content (AvgIpc) is 2.53. The van der Waals surface area contributed by atoms with Crippen molar-refractivity contribution in [3.63, 3.8) is 0 Å². The Balaban J connectivity index is 1.80. The zero-order valence-corrected chi connectivity index (χ0v) is 14.1. The minimum absolute atomic E-state index is 0.359. The van der Waals surface area contributed by atoms with Crippen molar-refractivity contribution in [3.05, 3.63) is 47.5 Å². The molecule has 2 aromatic rings. The van der Waals surface area contributed by atoms with Crippen LogP contribution in [0.2, 0.25) is 0 Å². The van der Waals surface area contributed by atoms with Gasteiger partial charge in [-0.1, -0.05) is 36.4 Å². The van der Waals surface area contributed by atoms with Gasteiger partial charge < -0.3 is 10.1 Å². The van der Waals surface area contributed by atoms with E-state index >= 15 is 0 Å². The van der Waals surface area contributed by atoms with E-state index in [9.17, 15) is 4.79 Å². The van der Waals surface area contributed by atoms with Crippen molar-refractivity contribution < 1.29 is 9.53 Å². The second-order valence-electron chi connectivity index (χ2n) is 6.10. The molecular weight excluding hydrogens is 306 g/mol. The fourth-order valence-electron chi connectivity index (χ4n) is 1.75. The van der Waals surface area contributed by atoms with Crippen LogP contribution in [0.4, 0.5) is 4.79 Å². The van der Waals surface area contributed by atoms with Gasteiger partial charge in [-0.15, -0.1) is 20.4 Å². The second kappa shape index (κ2) is 8.14. The molecule has 0 saturated carbocycles. The predicted molar refractivity (Wildman–Crippen MR) is 90.9 cm³/mol. The molecule has 0 saturated heterocycles. The van der Waals surface area contributed by atoms with Gasteiger partial charge >= 0.3 is 6.09 Å². The number of hydrogen-bond donors (Lipinski definition) is 1. The van der Waals surface area contributed by atoms with Crippen LogP contribution in [0.3, 0.4) is 0 Å². The van der Waals surface area contributed by atoms with Crippen molar-refractivity contribution in [2.45, 2.75) is 32.8 Å². The van der Waals surface area contributed by atoms with E-state index in [-0.39, 0.29) is 0 Å². The maximum Gasteiger partial charge on any atom is 0.407 e. The van der Waals surface area contributed by atoms with Gasteiger partial charge in [0.25, 0.3) is 0 Å². The molecule has 2 rings (SSSR count). The zero-order valence-electron chi connectivity index (χ0n) is 14.1. The topological polar surface area (TPSA) is 89.9 Å². The zero-order chi connectivity index (χ0) is 17.4. The SMILES string of the molecule is CC(C)(C)OC(=O)NCCc1nnc(/C=C/c2ccccc2)nn1. The Morgan fingerprint density at radius 3 is 2.38 bits per heavy atom. The molecule has 0 bridgehead atoms. The van der Waals surface area contributed by atoms with Crippen LogP contribution in [0.5, 0.6) is 0 Å². The highest BCUT2D eigenvalue weighted by molar-refractivity contribution is 5.67. The van der Waals surface area contributed by atoms with Crippen molar-refractivity contribution in [1.82, 2.24) is 25.7 Å². The first-order valence-corrected chi connectivity index (χ1v) is 7.69. The molecule has 0 radical (unpaired) electrons. The molecule has 1 aromatic heterocycles. The number of hydrogen-bond acceptors (Lipinski definition) is 6. The lowest BCUT2D eigenvalue weighted by molar-refractivity contribution is 0.0528. The third kappa shape index (κ3) is 6.51. The summed E-state index contributed by atoms with van der Waals surface area (Å²) in [5, 5.41) is 18.6. The van der Waals surface area contributed by atoms with Gasteiger partial charge in [-0.2, -0.15) is 0 Å². The van der Waals surface area contributed by atoms with Crippen LogP contribution in [0.15, 0.2) is 30.3 Å². The largest absolute Gasteiger partial charge is 0.444 e. The minimum atomic E-state index is -0.517. The summed E-state index contributed by atoms with van der Waals surface area (Å²) >= 11 is 0. The minimum Gasteiger partial charge on any atom is -0.444 e. The Hall–Kier alpha value is -2.83. The van der Waals surface area contributed by atoms with Crippen LogP contribution in [0.25, 0.3) is 12.2 Å². The molecule has 0 aliphatic heterocycles. The molecule has 1 amide bonds. The molecule has 0 spiro atoms. The molecule has 0 unspecified atom stereocenters. The molecule has 24 heavy (non-hydrogen) atoms. The number of benzene rings is 1. The van der Waals surface area contributed by atoms with Gasteiger partial charge in [-0.25, -0.2) is 4.79 Å². The van der Waals surface area contributed by atoms with E-state index in [0.29, 0.717) is 24.6 Å². The third-order valence-corrected chi connectivity index (χ3v) is 2.78. The Bertz CT molecular complexity index is 678. The van der Waals surface area contributed by atoms with E-state index in [4.69, 9.17) is 4.74 Å². The number of alkyl carbamates (subject to hydrolysis) is 1. The summed E-state index contributed by atoms with van der Waals surface area (Å²) in [6.07, 6.45) is 3.61. The van der Waals surface area contributed by atoms with Gasteiger partial charge in [-0.05, 0) is 32.4 Å². The summed E-state index contributed by atoms with van der Waals surface area (Å²) < 4.78 is 5.14. The molecule has 0 fully saturated rings. The Kier molecular flexibility index (Phi) is 5.95. The van der Waals surface area contributed by atoms with E-state index in [1.807, 2.05) is 57.2 Å². The second-order valence-corrected chi connectivity index (χ2v) is 6.10. The van der Waals surface area contributed by atoms with E-state index in [0.717, 1.165) is 5.56 Å². The number of aromatic nitrogens is 4. The van der Waals surface area contributed by atoms with Crippen LogP contribution < -0.4 is 5.32 Å². The number of nitrogens with one attached hydrogen (secondary N) is 1. The molecule has 0 atom stereocenters. The Labute approximate surface area is 141 Å². The number of ether oxygens (including phenoxy) is 1. The Morgan fingerprint density at radius 2 is 1.75 bits per heavy atom. The molecule has 126 valence electrons. The van der Waals surface area contributed by atoms with Gasteiger partial charge in [0.2, 0.25) is 0 Å². The van der Waals surface area contributed by atoms with Crippen LogP contribution in [0.1, 0.15) is 38.0 Å². The maximum absolute atomic E-state index is 11.5. The van der Waals surface area contributed by atoms with Crippen molar-refractivity contribution in [2.75, 3.05) is 6.54 Å². The van der Waals surface area contributed by atoms with E-state index in [1.54, 1.807) is 6.08 Å². The summed E-state index contributed by atoms with van der Waals surface area (Å²) in [6, 6.07) is 9.83. The van der Waals surface area contributed by atoms with Crippen LogP contribution in [0, 0.1) is 0 Å². The highest BCUT2D eigenvalue weighted by Gasteiger charge is 2.15. The molecule has 0 aliphatic rings. The lowest BCUT2D eigenvalue weighted by Gasteiger charge is -2.19. The standard InChI is InChI=1S/C17H21N5O2/c1-17(2,3)24-16(23)18-12-11-15-21-19-14(20-22-15)10-9-13-7-5-4-6-8-13/h4-10H,11-12H2,1-3H3,(H,18,23)/b10-9+. The summed E-state index contributed by atoms with van der Waals surface area (Å²) in [5.74, 6) is 0.894. The first kappa shape index (κ1) is 17.5. The van der Waals surface area contributed by atoms with Gasteiger partial charge in [-0.3, -0.25) is 0 Å². The summed E-state index contributed by atoms with van der Waals surface area (Å²) in [5.41, 5.74) is 0.530. The molecular formula is C17H21N5O2. The lowest BCUT2D eigenvalue weighted by atomic mass is 10.2. The van der Waals surface area contributed by atoms with Crippen molar-refractivity contribution in [1.29, 1.82) is 0 Å². The first-order chi connectivity index (χ1) is 11.4. The van der Waals surface area contributed by atoms with E-state index in [2.05, 4.69) is 25.7 Å². The Morgan fingerprint density at radius 1 is 1.08 bits per heavy atom. The van der Waals surface area contributed by atoms with Crippen LogP contribution >= 0.6 is 0 Å². The van der Waals surface area contributed by atoms with Crippen LogP contribution in [-0.4, -0.2) is 38.6 Å². The fourth-order valence-corrected chi connectivity index (χ4v) is 1.75. The van der Waals surface area contributed by atoms with E-state index < -0.39 is 11.7 Å². The van der Waals surface area contributed by atoms with Gasteiger partial charge in [0.15, 0.2) is 11.6 Å². The molecule has 7 nitrogen and oxygen atoms in total. The van der Waals surface area contributed by atoms with Gasteiger partial charge in [0.05, 0.1) is 0 Å². The van der Waals surface area contributed by atoms with Crippen molar-refractivity contribution in [3.8, 4) is 0 Å². The fraction of sp³-hybridized carbons (Fsp3) is 0.353. The molecule has 1 N–H and O–H groups in total. The van der Waals surface area contributed by atoms with E-state index in [1.165, 1.54) is 0 Å². The first-order valence-electron chi connectivity index (χ1n) is 7.69. The quantitative estimate of drug-likeness (QED) is 0.907. The summed E-state index contributed by atoms with van der Waals surface area (Å²) in [4.78, 5) is 11.5. The highest BCUT2D eigenvalue weighted by atomic mass is 16.6. The van der Waals surface area contributed by atoms with Gasteiger partial charge in [0, 0.05) is 13.0 Å². The van der Waals surface area contributed by atoms with Crippen molar-refractivity contribution >= 4 is 18.2 Å². The van der Waals surface area contributed by atoms with Gasteiger partial charge in [0.1, 0.15) is 5.60 Å². The summed E-state index contributed by atoms with van der Waals surface area (Å²) in [6.45, 7) is 5.79. The average molecular weight is 327 g/mol.